The molecule has 29 heavy (non-hydrogen) atoms. The second kappa shape index (κ2) is 9.32. The van der Waals surface area contributed by atoms with E-state index in [-0.39, 0.29) is 11.9 Å². The summed E-state index contributed by atoms with van der Waals surface area (Å²) in [5.41, 5.74) is 3.09. The minimum absolute atomic E-state index is 0.0336. The Bertz CT molecular complexity index is 847. The van der Waals surface area contributed by atoms with Crippen LogP contribution in [-0.2, 0) is 0 Å². The molecule has 7 nitrogen and oxygen atoms in total. The number of anilines is 3. The first kappa shape index (κ1) is 20.5. The molecular weight excluding hydrogens is 364 g/mol. The molecule has 0 saturated heterocycles. The van der Waals surface area contributed by atoms with Crippen LogP contribution in [0.15, 0.2) is 53.9 Å². The van der Waals surface area contributed by atoms with Crippen LogP contribution in [0.5, 0.6) is 5.75 Å². The molecule has 1 atom stereocenters. The van der Waals surface area contributed by atoms with Gasteiger partial charge >= 0.3 is 0 Å². The van der Waals surface area contributed by atoms with Gasteiger partial charge in [0.25, 0.3) is 0 Å². The average Bonchev–Trinajstić information content (AvgIpc) is 3.09. The van der Waals surface area contributed by atoms with Crippen molar-refractivity contribution >= 4 is 23.9 Å². The monoisotopic (exact) mass is 394 g/mol. The van der Waals surface area contributed by atoms with Crippen LogP contribution in [0.3, 0.4) is 0 Å². The van der Waals surface area contributed by atoms with E-state index >= 15 is 0 Å². The van der Waals surface area contributed by atoms with Gasteiger partial charge in [-0.1, -0.05) is 6.08 Å². The van der Waals surface area contributed by atoms with Crippen molar-refractivity contribution in [2.24, 2.45) is 5.10 Å². The van der Waals surface area contributed by atoms with Crippen LogP contribution in [0.4, 0.5) is 17.2 Å². The van der Waals surface area contributed by atoms with Gasteiger partial charge in [-0.25, -0.2) is 4.98 Å². The fourth-order valence-corrected chi connectivity index (χ4v) is 3.55. The van der Waals surface area contributed by atoms with E-state index in [0.717, 1.165) is 48.8 Å². The summed E-state index contributed by atoms with van der Waals surface area (Å²) in [5.74, 6) is 1.24. The number of fused-ring (bicyclic) bond motifs is 1. The third-order valence-corrected chi connectivity index (χ3v) is 5.15. The Hall–Kier alpha value is -3.22. The summed E-state index contributed by atoms with van der Waals surface area (Å²) in [6.45, 7) is 10.5. The molecule has 0 aliphatic carbocycles. The number of phenols is 1. The van der Waals surface area contributed by atoms with E-state index in [1.807, 2.05) is 25.5 Å². The highest BCUT2D eigenvalue weighted by atomic mass is 16.3. The molecule has 2 N–H and O–H groups in total. The molecule has 2 aromatic rings. The number of hydrogen-bond acceptors (Lipinski definition) is 7. The van der Waals surface area contributed by atoms with Crippen molar-refractivity contribution in [1.29, 1.82) is 0 Å². The maximum Gasteiger partial charge on any atom is 0.128 e. The lowest BCUT2D eigenvalue weighted by molar-refractivity contribution is 0.475. The van der Waals surface area contributed by atoms with E-state index in [1.165, 1.54) is 0 Å². The molecule has 1 aromatic heterocycles. The average molecular weight is 395 g/mol. The molecule has 7 heteroatoms. The Morgan fingerprint density at radius 2 is 2.07 bits per heavy atom. The Balaban J connectivity index is 1.82. The van der Waals surface area contributed by atoms with Crippen molar-refractivity contribution in [3.8, 4) is 5.75 Å². The molecular formula is C22H30N6O. The normalized spacial score (nSPS) is 15.3. The second-order valence-electron chi connectivity index (χ2n) is 6.95. The zero-order valence-electron chi connectivity index (χ0n) is 17.4. The highest BCUT2D eigenvalue weighted by molar-refractivity contribution is 5.78. The van der Waals surface area contributed by atoms with Crippen molar-refractivity contribution in [2.75, 3.05) is 41.8 Å². The van der Waals surface area contributed by atoms with Crippen molar-refractivity contribution in [3.63, 3.8) is 0 Å². The van der Waals surface area contributed by atoms with Crippen molar-refractivity contribution in [3.05, 3.63) is 54.4 Å². The molecule has 0 spiro atoms. The zero-order valence-corrected chi connectivity index (χ0v) is 17.4. The maximum absolute atomic E-state index is 9.88. The summed E-state index contributed by atoms with van der Waals surface area (Å²) in [5, 5.41) is 18.9. The minimum Gasteiger partial charge on any atom is -0.508 e. The lowest BCUT2D eigenvalue weighted by atomic mass is 10.2. The minimum atomic E-state index is -0.0336. The van der Waals surface area contributed by atoms with Gasteiger partial charge in [0.2, 0.25) is 0 Å². The van der Waals surface area contributed by atoms with E-state index in [0.29, 0.717) is 0 Å². The van der Waals surface area contributed by atoms with E-state index in [4.69, 9.17) is 0 Å². The lowest BCUT2D eigenvalue weighted by Crippen LogP contribution is -2.29. The van der Waals surface area contributed by atoms with Gasteiger partial charge in [0.05, 0.1) is 11.4 Å². The molecule has 0 bridgehead atoms. The summed E-state index contributed by atoms with van der Waals surface area (Å²) in [6.07, 6.45) is 6.74. The first-order valence-electron chi connectivity index (χ1n) is 10.0. The molecule has 1 aromatic carbocycles. The molecule has 1 aliphatic rings. The topological polar surface area (TPSA) is 67.2 Å². The predicted molar refractivity (Wildman–Crippen MR) is 121 cm³/mol. The van der Waals surface area contributed by atoms with Crippen LogP contribution in [0.1, 0.15) is 32.0 Å². The molecule has 0 radical (unpaired) electrons. The summed E-state index contributed by atoms with van der Waals surface area (Å²) in [7, 11) is 1.85. The first-order valence-corrected chi connectivity index (χ1v) is 10.0. The number of hydrazone groups is 1. The molecule has 0 fully saturated rings. The van der Waals surface area contributed by atoms with Gasteiger partial charge in [-0.2, -0.15) is 5.10 Å². The number of phenolic OH excluding ortho intramolecular Hbond substituents is 1. The summed E-state index contributed by atoms with van der Waals surface area (Å²) >= 11 is 0. The van der Waals surface area contributed by atoms with Gasteiger partial charge in [-0.15, -0.1) is 0 Å². The standard InChI is InChI=1S/C22H30N6O/c1-5-27(6-2)21-12-9-17(16-24-21)22-25-19-15-18(29)10-11-20(19)28(22)14-8-7-13-26(4)23-3/h7,9-13,15-16,22,25,29H,3,5-6,8,14H2,1-2,4H3/b13-7-. The predicted octanol–water partition coefficient (Wildman–Crippen LogP) is 4.02. The SMILES string of the molecule is C=NN(C)/C=C\CCN1c2ccc(O)cc2NC1c1ccc(N(CC)CC)nc1. The number of hydrogen-bond donors (Lipinski definition) is 2. The zero-order chi connectivity index (χ0) is 20.8. The van der Waals surface area contributed by atoms with Crippen LogP contribution in [-0.4, -0.2) is 48.5 Å². The van der Waals surface area contributed by atoms with Crippen molar-refractivity contribution < 1.29 is 5.11 Å². The van der Waals surface area contributed by atoms with Crippen LogP contribution in [0.2, 0.25) is 0 Å². The first-order chi connectivity index (χ1) is 14.1. The summed E-state index contributed by atoms with van der Waals surface area (Å²) in [6, 6.07) is 9.65. The smallest absolute Gasteiger partial charge is 0.128 e. The number of benzene rings is 1. The van der Waals surface area contributed by atoms with Gasteiger partial charge in [-0.05, 0) is 44.5 Å². The summed E-state index contributed by atoms with van der Waals surface area (Å²) in [4.78, 5) is 9.21. The van der Waals surface area contributed by atoms with E-state index in [2.05, 4.69) is 64.0 Å². The van der Waals surface area contributed by atoms with Crippen molar-refractivity contribution in [1.82, 2.24) is 9.99 Å². The molecule has 0 saturated carbocycles. The third-order valence-electron chi connectivity index (χ3n) is 5.15. The quantitative estimate of drug-likeness (QED) is 0.495. The maximum atomic E-state index is 9.88. The van der Waals surface area contributed by atoms with Crippen LogP contribution in [0, 0.1) is 0 Å². The van der Waals surface area contributed by atoms with E-state index in [9.17, 15) is 5.11 Å². The molecule has 154 valence electrons. The van der Waals surface area contributed by atoms with Gasteiger partial charge < -0.3 is 20.2 Å². The van der Waals surface area contributed by atoms with Crippen LogP contribution < -0.4 is 15.1 Å². The number of nitrogens with zero attached hydrogens (tertiary/aromatic N) is 5. The van der Waals surface area contributed by atoms with Crippen LogP contribution in [0.25, 0.3) is 0 Å². The number of rotatable bonds is 9. The molecule has 1 aliphatic heterocycles. The number of aromatic hydroxyl groups is 1. The fraction of sp³-hybridized carbons (Fsp3) is 0.364. The molecule has 0 amide bonds. The Kier molecular flexibility index (Phi) is 6.59. The second-order valence-corrected chi connectivity index (χ2v) is 6.95. The van der Waals surface area contributed by atoms with Crippen LogP contribution >= 0.6 is 0 Å². The van der Waals surface area contributed by atoms with E-state index in [1.54, 1.807) is 17.1 Å². The third kappa shape index (κ3) is 4.62. The molecule has 3 rings (SSSR count). The van der Waals surface area contributed by atoms with Gasteiger partial charge in [0, 0.05) is 57.4 Å². The largest absolute Gasteiger partial charge is 0.508 e. The number of nitrogens with one attached hydrogen (secondary N) is 1. The lowest BCUT2D eigenvalue weighted by Gasteiger charge is -2.27. The number of aromatic nitrogens is 1. The Morgan fingerprint density at radius 1 is 1.28 bits per heavy atom. The van der Waals surface area contributed by atoms with E-state index < -0.39 is 0 Å². The Labute approximate surface area is 173 Å². The highest BCUT2D eigenvalue weighted by Crippen LogP contribution is 2.42. The van der Waals surface area contributed by atoms with Gasteiger partial charge in [0.15, 0.2) is 0 Å². The Morgan fingerprint density at radius 3 is 2.72 bits per heavy atom. The van der Waals surface area contributed by atoms with Crippen molar-refractivity contribution in [2.45, 2.75) is 26.4 Å². The molecule has 2 heterocycles. The van der Waals surface area contributed by atoms with Gasteiger partial charge in [0.1, 0.15) is 17.7 Å². The van der Waals surface area contributed by atoms with Gasteiger partial charge in [-0.3, -0.25) is 5.01 Å². The molecule has 1 unspecified atom stereocenters. The number of pyridine rings is 1. The fourth-order valence-electron chi connectivity index (χ4n) is 3.55. The summed E-state index contributed by atoms with van der Waals surface area (Å²) < 4.78 is 0. The highest BCUT2D eigenvalue weighted by Gasteiger charge is 2.30.